The van der Waals surface area contributed by atoms with E-state index in [4.69, 9.17) is 0 Å². The Balaban J connectivity index is 3.54. The van der Waals surface area contributed by atoms with Crippen molar-refractivity contribution in [3.8, 4) is 0 Å². The maximum atomic E-state index is 12.9. The van der Waals surface area contributed by atoms with Gasteiger partial charge in [-0.05, 0) is 33.6 Å². The number of aldehydes is 1. The van der Waals surface area contributed by atoms with Crippen molar-refractivity contribution >= 4 is 23.8 Å². The monoisotopic (exact) mass is 319 g/mol. The fourth-order valence-electron chi connectivity index (χ4n) is 2.52. The Morgan fingerprint density at radius 3 is 2.52 bits per heavy atom. The molecule has 0 aromatic carbocycles. The summed E-state index contributed by atoms with van der Waals surface area (Å²) in [6.45, 7) is 7.39. The number of hydrogen-bond donors (Lipinski definition) is 1. The molecule has 1 heterocycles. The lowest BCUT2D eigenvalue weighted by Crippen LogP contribution is -2.50. The van der Waals surface area contributed by atoms with Gasteiger partial charge in [0.25, 0.3) is 5.56 Å². The first-order valence-corrected chi connectivity index (χ1v) is 7.80. The van der Waals surface area contributed by atoms with Crippen LogP contribution in [-0.2, 0) is 9.59 Å². The van der Waals surface area contributed by atoms with E-state index >= 15 is 0 Å². The standard InChI is InChI=1S/C17H25N3O3/c1-6-7-14-16(11(2)3)17(23)20(12(4)19-14)13(10-21)8-9-15(22)18-5/h7,10,13H,6,8-9H2,1-5H3,(H,18,22)/b14-7+. The molecule has 0 radical (unpaired) electrons. The van der Waals surface area contributed by atoms with Gasteiger partial charge < -0.3 is 10.1 Å². The maximum absolute atomic E-state index is 12.9. The third kappa shape index (κ3) is 4.37. The zero-order chi connectivity index (χ0) is 17.6. The molecule has 0 saturated heterocycles. The first kappa shape index (κ1) is 18.8. The van der Waals surface area contributed by atoms with Crippen molar-refractivity contribution in [2.75, 3.05) is 7.05 Å². The number of amides is 1. The number of aromatic nitrogens is 2. The second-order valence-corrected chi connectivity index (χ2v) is 5.62. The Hall–Kier alpha value is -2.24. The van der Waals surface area contributed by atoms with E-state index in [9.17, 15) is 14.4 Å². The Bertz CT molecular complexity index is 759. The molecule has 1 aromatic rings. The predicted molar refractivity (Wildman–Crippen MR) is 90.4 cm³/mol. The zero-order valence-electron chi connectivity index (χ0n) is 14.5. The number of aryl methyl sites for hydroxylation is 1. The fourth-order valence-corrected chi connectivity index (χ4v) is 2.52. The molecule has 23 heavy (non-hydrogen) atoms. The predicted octanol–water partition coefficient (Wildman–Crippen LogP) is 0.199. The van der Waals surface area contributed by atoms with Gasteiger partial charge in [-0.15, -0.1) is 0 Å². The van der Waals surface area contributed by atoms with Crippen molar-refractivity contribution in [3.05, 3.63) is 26.7 Å². The van der Waals surface area contributed by atoms with E-state index in [2.05, 4.69) is 10.3 Å². The highest BCUT2D eigenvalue weighted by atomic mass is 16.2. The van der Waals surface area contributed by atoms with Crippen LogP contribution in [0.3, 0.4) is 0 Å². The molecule has 1 aromatic heterocycles. The molecular weight excluding hydrogens is 294 g/mol. The summed E-state index contributed by atoms with van der Waals surface area (Å²) in [5.74, 6) is 0.318. The van der Waals surface area contributed by atoms with Crippen LogP contribution in [0.2, 0.25) is 0 Å². The average Bonchev–Trinajstić information content (AvgIpc) is 2.49. The van der Waals surface area contributed by atoms with Gasteiger partial charge in [0.1, 0.15) is 12.1 Å². The molecule has 1 rings (SSSR count). The summed E-state index contributed by atoms with van der Waals surface area (Å²) in [5, 5.41) is 3.70. The Labute approximate surface area is 135 Å². The van der Waals surface area contributed by atoms with Crippen LogP contribution < -0.4 is 21.4 Å². The van der Waals surface area contributed by atoms with Crippen molar-refractivity contribution < 1.29 is 9.59 Å². The van der Waals surface area contributed by atoms with Crippen LogP contribution in [0, 0.1) is 6.92 Å². The molecule has 126 valence electrons. The lowest BCUT2D eigenvalue weighted by atomic mass is 10.1. The lowest BCUT2D eigenvalue weighted by Gasteiger charge is -2.16. The van der Waals surface area contributed by atoms with Gasteiger partial charge in [-0.3, -0.25) is 14.2 Å². The van der Waals surface area contributed by atoms with E-state index in [1.54, 1.807) is 14.0 Å². The minimum Gasteiger partial charge on any atom is -0.359 e. The van der Waals surface area contributed by atoms with Crippen LogP contribution in [0.5, 0.6) is 0 Å². The van der Waals surface area contributed by atoms with Gasteiger partial charge in [-0.25, -0.2) is 4.98 Å². The molecule has 0 spiro atoms. The van der Waals surface area contributed by atoms with Crippen LogP contribution in [0.4, 0.5) is 0 Å². The SMILES string of the molecule is CC/C=c1/nc(C)n(C(C=O)CCC(=O)NC)c(=O)c1=C(C)C. The highest BCUT2D eigenvalue weighted by Gasteiger charge is 2.17. The second kappa shape index (κ2) is 8.41. The number of rotatable bonds is 6. The molecule has 6 nitrogen and oxygen atoms in total. The summed E-state index contributed by atoms with van der Waals surface area (Å²) >= 11 is 0. The normalized spacial score (nSPS) is 12.8. The van der Waals surface area contributed by atoms with E-state index in [1.165, 1.54) is 4.57 Å². The van der Waals surface area contributed by atoms with Gasteiger partial charge in [-0.1, -0.05) is 18.6 Å². The topological polar surface area (TPSA) is 81.1 Å². The molecule has 1 amide bonds. The lowest BCUT2D eigenvalue weighted by molar-refractivity contribution is -0.121. The van der Waals surface area contributed by atoms with E-state index in [0.29, 0.717) is 22.7 Å². The van der Waals surface area contributed by atoms with E-state index in [1.807, 2.05) is 26.8 Å². The third-order valence-electron chi connectivity index (χ3n) is 3.65. The molecule has 0 aliphatic rings. The first-order valence-electron chi connectivity index (χ1n) is 7.80. The summed E-state index contributed by atoms with van der Waals surface area (Å²) < 4.78 is 1.39. The van der Waals surface area contributed by atoms with Crippen molar-refractivity contribution in [1.29, 1.82) is 0 Å². The number of hydrogen-bond acceptors (Lipinski definition) is 4. The zero-order valence-corrected chi connectivity index (χ0v) is 14.5. The Kier molecular flexibility index (Phi) is 6.88. The molecule has 1 N–H and O–H groups in total. The largest absolute Gasteiger partial charge is 0.359 e. The quantitative estimate of drug-likeness (QED) is 0.760. The van der Waals surface area contributed by atoms with Gasteiger partial charge in [0.2, 0.25) is 5.91 Å². The molecule has 1 unspecified atom stereocenters. The Morgan fingerprint density at radius 2 is 2.04 bits per heavy atom. The fraction of sp³-hybridized carbons (Fsp3) is 0.529. The Morgan fingerprint density at radius 1 is 1.39 bits per heavy atom. The molecule has 1 atom stereocenters. The van der Waals surface area contributed by atoms with Crippen LogP contribution in [0.15, 0.2) is 4.79 Å². The van der Waals surface area contributed by atoms with Crippen LogP contribution in [0.25, 0.3) is 11.6 Å². The molecule has 6 heteroatoms. The highest BCUT2D eigenvalue weighted by Crippen LogP contribution is 2.09. The minimum absolute atomic E-state index is 0.162. The summed E-state index contributed by atoms with van der Waals surface area (Å²) in [7, 11) is 1.54. The van der Waals surface area contributed by atoms with Gasteiger partial charge in [0, 0.05) is 13.5 Å². The summed E-state index contributed by atoms with van der Waals surface area (Å²) in [5.41, 5.74) is 0.623. The van der Waals surface area contributed by atoms with Crippen molar-refractivity contribution in [1.82, 2.24) is 14.9 Å². The number of nitrogens with one attached hydrogen (secondary N) is 1. The van der Waals surface area contributed by atoms with Crippen LogP contribution in [-0.4, -0.2) is 28.8 Å². The smallest absolute Gasteiger partial charge is 0.261 e. The third-order valence-corrected chi connectivity index (χ3v) is 3.65. The van der Waals surface area contributed by atoms with Crippen molar-refractivity contribution in [2.45, 2.75) is 53.0 Å². The van der Waals surface area contributed by atoms with Crippen LogP contribution in [0.1, 0.15) is 51.9 Å². The van der Waals surface area contributed by atoms with E-state index in [-0.39, 0.29) is 24.3 Å². The molecule has 0 bridgehead atoms. The highest BCUT2D eigenvalue weighted by molar-refractivity contribution is 5.76. The molecule has 0 fully saturated rings. The maximum Gasteiger partial charge on any atom is 0.261 e. The van der Waals surface area contributed by atoms with Gasteiger partial charge >= 0.3 is 0 Å². The van der Waals surface area contributed by atoms with E-state index < -0.39 is 6.04 Å². The molecular formula is C17H25N3O3. The molecule has 0 aliphatic carbocycles. The summed E-state index contributed by atoms with van der Waals surface area (Å²) in [6, 6.07) is -0.693. The summed E-state index contributed by atoms with van der Waals surface area (Å²) in [4.78, 5) is 40.2. The second-order valence-electron chi connectivity index (χ2n) is 5.62. The van der Waals surface area contributed by atoms with Crippen LogP contribution >= 0.6 is 0 Å². The number of nitrogens with zero attached hydrogens (tertiary/aromatic N) is 2. The minimum atomic E-state index is -0.693. The van der Waals surface area contributed by atoms with Gasteiger partial charge in [-0.2, -0.15) is 0 Å². The molecule has 0 aliphatic heterocycles. The number of carbonyl (C=O) groups is 2. The van der Waals surface area contributed by atoms with E-state index in [0.717, 1.165) is 12.0 Å². The first-order chi connectivity index (χ1) is 10.9. The van der Waals surface area contributed by atoms with Gasteiger partial charge in [0.05, 0.1) is 16.6 Å². The van der Waals surface area contributed by atoms with Crippen molar-refractivity contribution in [2.24, 2.45) is 0 Å². The molecule has 0 saturated carbocycles. The number of carbonyl (C=O) groups excluding carboxylic acids is 2. The average molecular weight is 319 g/mol. The van der Waals surface area contributed by atoms with Gasteiger partial charge in [0.15, 0.2) is 0 Å². The van der Waals surface area contributed by atoms with Crippen molar-refractivity contribution in [3.63, 3.8) is 0 Å². The summed E-state index contributed by atoms with van der Waals surface area (Å²) in [6.07, 6.45) is 3.83.